The number of hydrogen-bond acceptors (Lipinski definition) is 1. The van der Waals surface area contributed by atoms with Gasteiger partial charge in [-0.05, 0) is 44.4 Å². The highest BCUT2D eigenvalue weighted by atomic mass is 35.5. The minimum absolute atomic E-state index is 0.299. The zero-order valence-electron chi connectivity index (χ0n) is 9.35. The van der Waals surface area contributed by atoms with Crippen LogP contribution in [0.4, 0.5) is 4.39 Å². The summed E-state index contributed by atoms with van der Waals surface area (Å²) in [6, 6.07) is 5.28. The van der Waals surface area contributed by atoms with Gasteiger partial charge in [-0.15, -0.1) is 0 Å². The number of hydrogen-bond donors (Lipinski definition) is 1. The molecule has 1 unspecified atom stereocenters. The third-order valence-corrected chi connectivity index (χ3v) is 2.53. The Kier molecular flexibility index (Phi) is 3.74. The molecule has 0 bridgehead atoms. The van der Waals surface area contributed by atoms with Crippen molar-refractivity contribution < 1.29 is 4.39 Å². The third kappa shape index (κ3) is 3.80. The highest BCUT2D eigenvalue weighted by Crippen LogP contribution is 2.25. The summed E-state index contributed by atoms with van der Waals surface area (Å²) in [5.41, 5.74) is 7.18. The lowest BCUT2D eigenvalue weighted by Crippen LogP contribution is -2.34. The molecule has 2 N–H and O–H groups in total. The first kappa shape index (κ1) is 12.5. The van der Waals surface area contributed by atoms with Gasteiger partial charge in [0.1, 0.15) is 6.17 Å². The average Bonchev–Trinajstić information content (AvgIpc) is 2.05. The van der Waals surface area contributed by atoms with E-state index in [4.69, 9.17) is 17.3 Å². The van der Waals surface area contributed by atoms with Gasteiger partial charge in [-0.25, -0.2) is 4.39 Å². The summed E-state index contributed by atoms with van der Waals surface area (Å²) >= 11 is 6.06. The van der Waals surface area contributed by atoms with Crippen LogP contribution in [0.15, 0.2) is 18.2 Å². The zero-order chi connectivity index (χ0) is 11.6. The summed E-state index contributed by atoms with van der Waals surface area (Å²) in [7, 11) is 0. The first-order valence-electron chi connectivity index (χ1n) is 5.01. The second kappa shape index (κ2) is 4.50. The molecule has 0 fully saturated rings. The molecular weight excluding hydrogens is 213 g/mol. The van der Waals surface area contributed by atoms with Crippen LogP contribution in [0.1, 0.15) is 38.1 Å². The summed E-state index contributed by atoms with van der Waals surface area (Å²) in [6.45, 7) is 5.38. The SMILES string of the molecule is CC(F)c1ccc(CC(C)(C)N)c(Cl)c1. The van der Waals surface area contributed by atoms with Crippen molar-refractivity contribution in [1.29, 1.82) is 0 Å². The van der Waals surface area contributed by atoms with Gasteiger partial charge in [0, 0.05) is 10.6 Å². The van der Waals surface area contributed by atoms with Crippen molar-refractivity contribution in [2.75, 3.05) is 0 Å². The van der Waals surface area contributed by atoms with Crippen LogP contribution < -0.4 is 5.73 Å². The van der Waals surface area contributed by atoms with Crippen LogP contribution in [0.25, 0.3) is 0 Å². The van der Waals surface area contributed by atoms with E-state index in [1.54, 1.807) is 12.1 Å². The fraction of sp³-hybridized carbons (Fsp3) is 0.500. The molecule has 0 saturated heterocycles. The van der Waals surface area contributed by atoms with E-state index >= 15 is 0 Å². The topological polar surface area (TPSA) is 26.0 Å². The lowest BCUT2D eigenvalue weighted by atomic mass is 9.95. The van der Waals surface area contributed by atoms with Gasteiger partial charge in [0.25, 0.3) is 0 Å². The molecule has 0 aliphatic heterocycles. The summed E-state index contributed by atoms with van der Waals surface area (Å²) < 4.78 is 13.0. The molecule has 0 spiro atoms. The maximum atomic E-state index is 13.0. The van der Waals surface area contributed by atoms with Crippen LogP contribution in [0.5, 0.6) is 0 Å². The summed E-state index contributed by atoms with van der Waals surface area (Å²) in [5, 5.41) is 0.593. The molecule has 1 atom stereocenters. The molecule has 0 heterocycles. The number of nitrogens with two attached hydrogens (primary N) is 1. The van der Waals surface area contributed by atoms with Crippen LogP contribution in [-0.4, -0.2) is 5.54 Å². The third-order valence-electron chi connectivity index (χ3n) is 2.18. The number of alkyl halides is 1. The average molecular weight is 230 g/mol. The number of rotatable bonds is 3. The van der Waals surface area contributed by atoms with Gasteiger partial charge in [-0.2, -0.15) is 0 Å². The van der Waals surface area contributed by atoms with Gasteiger partial charge >= 0.3 is 0 Å². The molecular formula is C12H17ClFN. The van der Waals surface area contributed by atoms with E-state index in [9.17, 15) is 4.39 Å². The number of benzene rings is 1. The molecule has 1 aromatic carbocycles. The van der Waals surface area contributed by atoms with Gasteiger partial charge in [0.05, 0.1) is 0 Å². The maximum Gasteiger partial charge on any atom is 0.122 e. The Bertz CT molecular complexity index is 342. The standard InChI is InChI=1S/C12H17ClFN/c1-8(14)9-4-5-10(11(13)6-9)7-12(2,3)15/h4-6,8H,7,15H2,1-3H3. The van der Waals surface area contributed by atoms with Gasteiger partial charge in [0.15, 0.2) is 0 Å². The van der Waals surface area contributed by atoms with Gasteiger partial charge in [0.2, 0.25) is 0 Å². The van der Waals surface area contributed by atoms with Crippen molar-refractivity contribution in [2.45, 2.75) is 38.9 Å². The fourth-order valence-electron chi connectivity index (χ4n) is 1.45. The Hall–Kier alpha value is -0.600. The molecule has 1 nitrogen and oxygen atoms in total. The Balaban J connectivity index is 2.94. The van der Waals surface area contributed by atoms with Crippen molar-refractivity contribution in [3.05, 3.63) is 34.3 Å². The van der Waals surface area contributed by atoms with Crippen molar-refractivity contribution in [2.24, 2.45) is 5.73 Å². The molecule has 1 rings (SSSR count). The normalized spacial score (nSPS) is 14.0. The van der Waals surface area contributed by atoms with Gasteiger partial charge in [-0.1, -0.05) is 23.7 Å². The predicted octanol–water partition coefficient (Wildman–Crippen LogP) is 3.65. The molecule has 0 amide bonds. The summed E-state index contributed by atoms with van der Waals surface area (Å²) in [5.74, 6) is 0. The maximum absolute atomic E-state index is 13.0. The highest BCUT2D eigenvalue weighted by molar-refractivity contribution is 6.31. The first-order chi connectivity index (χ1) is 6.79. The Morgan fingerprint density at radius 2 is 2.07 bits per heavy atom. The largest absolute Gasteiger partial charge is 0.325 e. The molecule has 15 heavy (non-hydrogen) atoms. The Labute approximate surface area is 95.4 Å². The van der Waals surface area contributed by atoms with Crippen LogP contribution in [-0.2, 0) is 6.42 Å². The molecule has 3 heteroatoms. The van der Waals surface area contributed by atoms with E-state index in [0.29, 0.717) is 17.0 Å². The highest BCUT2D eigenvalue weighted by Gasteiger charge is 2.14. The van der Waals surface area contributed by atoms with E-state index in [2.05, 4.69) is 0 Å². The molecule has 0 aliphatic carbocycles. The predicted molar refractivity (Wildman–Crippen MR) is 62.9 cm³/mol. The van der Waals surface area contributed by atoms with Crippen LogP contribution in [0.3, 0.4) is 0 Å². The van der Waals surface area contributed by atoms with Gasteiger partial charge in [-0.3, -0.25) is 0 Å². The Morgan fingerprint density at radius 3 is 2.47 bits per heavy atom. The van der Waals surface area contributed by atoms with Crippen molar-refractivity contribution in [3.63, 3.8) is 0 Å². The van der Waals surface area contributed by atoms with Crippen molar-refractivity contribution in [3.8, 4) is 0 Å². The quantitative estimate of drug-likeness (QED) is 0.841. The van der Waals surface area contributed by atoms with E-state index < -0.39 is 6.17 Å². The van der Waals surface area contributed by atoms with E-state index in [-0.39, 0.29) is 5.54 Å². The fourth-order valence-corrected chi connectivity index (χ4v) is 1.70. The van der Waals surface area contributed by atoms with E-state index in [1.807, 2.05) is 19.9 Å². The number of halogens is 2. The lowest BCUT2D eigenvalue weighted by molar-refractivity contribution is 0.374. The summed E-state index contributed by atoms with van der Waals surface area (Å²) in [4.78, 5) is 0. The van der Waals surface area contributed by atoms with Crippen LogP contribution in [0.2, 0.25) is 5.02 Å². The lowest BCUT2D eigenvalue weighted by Gasteiger charge is -2.19. The second-order valence-corrected chi connectivity index (χ2v) is 5.04. The second-order valence-electron chi connectivity index (χ2n) is 4.63. The monoisotopic (exact) mass is 229 g/mol. The molecule has 0 radical (unpaired) electrons. The molecule has 84 valence electrons. The van der Waals surface area contributed by atoms with Crippen LogP contribution in [0, 0.1) is 0 Å². The van der Waals surface area contributed by atoms with Crippen molar-refractivity contribution >= 4 is 11.6 Å². The molecule has 1 aromatic rings. The van der Waals surface area contributed by atoms with E-state index in [1.165, 1.54) is 6.92 Å². The van der Waals surface area contributed by atoms with Crippen LogP contribution >= 0.6 is 11.6 Å². The van der Waals surface area contributed by atoms with E-state index in [0.717, 1.165) is 5.56 Å². The summed E-state index contributed by atoms with van der Waals surface area (Å²) in [6.07, 6.45) is -0.297. The minimum Gasteiger partial charge on any atom is -0.325 e. The zero-order valence-corrected chi connectivity index (χ0v) is 10.1. The molecule has 0 saturated carbocycles. The first-order valence-corrected chi connectivity index (χ1v) is 5.39. The molecule has 0 aromatic heterocycles. The molecule has 0 aliphatic rings. The van der Waals surface area contributed by atoms with Gasteiger partial charge < -0.3 is 5.73 Å². The van der Waals surface area contributed by atoms with Crippen molar-refractivity contribution in [1.82, 2.24) is 0 Å². The minimum atomic E-state index is -0.984. The smallest absolute Gasteiger partial charge is 0.122 e. The Morgan fingerprint density at radius 1 is 1.47 bits per heavy atom.